The molecule has 0 unspecified atom stereocenters. The third-order valence-electron chi connectivity index (χ3n) is 5.94. The highest BCUT2D eigenvalue weighted by atomic mass is 79.9. The molecule has 1 aromatic heterocycles. The Morgan fingerprint density at radius 3 is 2.52 bits per heavy atom. The highest BCUT2D eigenvalue weighted by Crippen LogP contribution is 2.39. The fourth-order valence-electron chi connectivity index (χ4n) is 4.35. The molecule has 0 fully saturated rings. The van der Waals surface area contributed by atoms with Crippen molar-refractivity contribution >= 4 is 38.4 Å². The minimum absolute atomic E-state index is 0.00633. The van der Waals surface area contributed by atoms with E-state index in [2.05, 4.69) is 15.9 Å². The van der Waals surface area contributed by atoms with Crippen LogP contribution in [0.25, 0.3) is 16.6 Å². The molecule has 0 aliphatic carbocycles. The lowest BCUT2D eigenvalue weighted by Gasteiger charge is -2.18. The molecule has 154 valence electrons. The summed E-state index contributed by atoms with van der Waals surface area (Å²) in [6.45, 7) is 1.97. The molecule has 0 saturated carbocycles. The smallest absolute Gasteiger partial charge is 0.265 e. The van der Waals surface area contributed by atoms with E-state index in [-0.39, 0.29) is 11.5 Å². The number of amides is 1. The number of anilines is 1. The molecule has 5 nitrogen and oxygen atoms in total. The molecule has 0 radical (unpaired) electrons. The summed E-state index contributed by atoms with van der Waals surface area (Å²) in [5.41, 5.74) is 4.11. The van der Waals surface area contributed by atoms with Crippen LogP contribution in [0.4, 0.5) is 5.69 Å². The summed E-state index contributed by atoms with van der Waals surface area (Å²) in [6, 6.07) is 21.0. The van der Waals surface area contributed by atoms with E-state index in [4.69, 9.17) is 4.98 Å². The third kappa shape index (κ3) is 3.18. The Morgan fingerprint density at radius 2 is 1.71 bits per heavy atom. The number of halogens is 1. The molecule has 1 atom stereocenters. The highest BCUT2D eigenvalue weighted by molar-refractivity contribution is 9.10. The number of likely N-dealkylation sites (N-methyl/N-ethyl adjacent to an activating group) is 1. The van der Waals surface area contributed by atoms with Crippen molar-refractivity contribution < 1.29 is 4.79 Å². The van der Waals surface area contributed by atoms with Crippen molar-refractivity contribution in [1.29, 1.82) is 0 Å². The molecule has 6 heteroatoms. The molecule has 3 aromatic carbocycles. The van der Waals surface area contributed by atoms with Gasteiger partial charge in [0.2, 0.25) is 5.91 Å². The number of rotatable bonds is 3. The Bertz CT molecular complexity index is 1410. The topological polar surface area (TPSA) is 55.2 Å². The van der Waals surface area contributed by atoms with Crippen molar-refractivity contribution in [3.8, 4) is 5.69 Å². The van der Waals surface area contributed by atoms with E-state index in [1.165, 1.54) is 0 Å². The first kappa shape index (κ1) is 19.7. The number of aromatic nitrogens is 2. The standard InChI is InChI=1S/C25H20BrN3O2/c1-15-7-3-6-10-21(15)29-23(27-20-9-5-4-8-17(20)25(29)31)14-19-18-13-16(26)11-12-22(18)28(2)24(19)30/h3-13,19H,14H2,1-2H3/t19-/m0/s1. The van der Waals surface area contributed by atoms with Crippen molar-refractivity contribution in [2.24, 2.45) is 0 Å². The lowest BCUT2D eigenvalue weighted by molar-refractivity contribution is -0.119. The molecule has 1 aliphatic rings. The first-order chi connectivity index (χ1) is 15.0. The number of carbonyl (C=O) groups is 1. The maximum Gasteiger partial charge on any atom is 0.265 e. The molecule has 5 rings (SSSR count). The first-order valence-corrected chi connectivity index (χ1v) is 10.9. The summed E-state index contributed by atoms with van der Waals surface area (Å²) in [4.78, 5) is 33.2. The fourth-order valence-corrected chi connectivity index (χ4v) is 4.73. The van der Waals surface area contributed by atoms with E-state index < -0.39 is 5.92 Å². The molecule has 0 N–H and O–H groups in total. The van der Waals surface area contributed by atoms with Crippen molar-refractivity contribution in [3.63, 3.8) is 0 Å². The minimum atomic E-state index is -0.402. The molecule has 0 saturated heterocycles. The van der Waals surface area contributed by atoms with Crippen LogP contribution in [0.1, 0.15) is 22.9 Å². The van der Waals surface area contributed by atoms with Gasteiger partial charge in [-0.3, -0.25) is 14.2 Å². The van der Waals surface area contributed by atoms with Crippen LogP contribution in [0.3, 0.4) is 0 Å². The van der Waals surface area contributed by atoms with Crippen LogP contribution in [0.15, 0.2) is 76.0 Å². The summed E-state index contributed by atoms with van der Waals surface area (Å²) in [7, 11) is 1.79. The predicted octanol–water partition coefficient (Wildman–Crippen LogP) is 4.76. The molecular weight excluding hydrogens is 454 g/mol. The van der Waals surface area contributed by atoms with Crippen LogP contribution in [0, 0.1) is 6.92 Å². The number of aryl methyl sites for hydroxylation is 1. The molecule has 31 heavy (non-hydrogen) atoms. The molecule has 0 spiro atoms. The van der Waals surface area contributed by atoms with Gasteiger partial charge >= 0.3 is 0 Å². The molecule has 2 heterocycles. The maximum atomic E-state index is 13.5. The van der Waals surface area contributed by atoms with Crippen LogP contribution in [-0.4, -0.2) is 22.5 Å². The molecule has 4 aromatic rings. The average molecular weight is 474 g/mol. The number of fused-ring (bicyclic) bond motifs is 2. The second kappa shape index (κ2) is 7.46. The van der Waals surface area contributed by atoms with Crippen LogP contribution < -0.4 is 10.5 Å². The Labute approximate surface area is 188 Å². The lowest BCUT2D eigenvalue weighted by Crippen LogP contribution is -2.29. The van der Waals surface area contributed by atoms with Crippen molar-refractivity contribution in [3.05, 3.63) is 98.5 Å². The average Bonchev–Trinajstić information content (AvgIpc) is 2.99. The number of benzene rings is 3. The Balaban J connectivity index is 1.74. The Kier molecular flexibility index (Phi) is 4.74. The van der Waals surface area contributed by atoms with Gasteiger partial charge in [-0.05, 0) is 54.4 Å². The first-order valence-electron chi connectivity index (χ1n) is 10.1. The highest BCUT2D eigenvalue weighted by Gasteiger charge is 2.36. The largest absolute Gasteiger partial charge is 0.315 e. The van der Waals surface area contributed by atoms with Gasteiger partial charge in [-0.2, -0.15) is 0 Å². The third-order valence-corrected chi connectivity index (χ3v) is 6.44. The SMILES string of the molecule is Cc1ccccc1-n1c(C[C@@H]2C(=O)N(C)c3ccc(Br)cc32)nc2ccccc2c1=O. The van der Waals surface area contributed by atoms with Crippen LogP contribution in [0.5, 0.6) is 0 Å². The number of nitrogens with zero attached hydrogens (tertiary/aromatic N) is 3. The molecule has 0 bridgehead atoms. The van der Waals surface area contributed by atoms with Gasteiger partial charge in [-0.25, -0.2) is 4.98 Å². The fraction of sp³-hybridized carbons (Fsp3) is 0.160. The summed E-state index contributed by atoms with van der Waals surface area (Å²) in [6.07, 6.45) is 0.334. The molecule has 1 aliphatic heterocycles. The predicted molar refractivity (Wildman–Crippen MR) is 126 cm³/mol. The van der Waals surface area contributed by atoms with E-state index in [1.807, 2.05) is 67.6 Å². The number of hydrogen-bond donors (Lipinski definition) is 0. The molecule has 1 amide bonds. The number of para-hydroxylation sites is 2. The van der Waals surface area contributed by atoms with Crippen LogP contribution >= 0.6 is 15.9 Å². The van der Waals surface area contributed by atoms with Gasteiger partial charge in [0, 0.05) is 23.6 Å². The van der Waals surface area contributed by atoms with E-state index in [9.17, 15) is 9.59 Å². The van der Waals surface area contributed by atoms with Crippen molar-refractivity contribution in [2.75, 3.05) is 11.9 Å². The second-order valence-electron chi connectivity index (χ2n) is 7.83. The van der Waals surface area contributed by atoms with Crippen molar-refractivity contribution in [1.82, 2.24) is 9.55 Å². The van der Waals surface area contributed by atoms with Gasteiger partial charge < -0.3 is 4.90 Å². The van der Waals surface area contributed by atoms with Crippen LogP contribution in [-0.2, 0) is 11.2 Å². The lowest BCUT2D eigenvalue weighted by atomic mass is 9.96. The van der Waals surface area contributed by atoms with E-state index >= 15 is 0 Å². The van der Waals surface area contributed by atoms with Gasteiger partial charge in [-0.1, -0.05) is 46.3 Å². The number of carbonyl (C=O) groups excluding carboxylic acids is 1. The van der Waals surface area contributed by atoms with Gasteiger partial charge in [0.1, 0.15) is 5.82 Å². The minimum Gasteiger partial charge on any atom is -0.315 e. The second-order valence-corrected chi connectivity index (χ2v) is 8.75. The van der Waals surface area contributed by atoms with E-state index in [0.717, 1.165) is 27.0 Å². The summed E-state index contributed by atoms with van der Waals surface area (Å²) in [5, 5.41) is 0.563. The quantitative estimate of drug-likeness (QED) is 0.430. The zero-order valence-corrected chi connectivity index (χ0v) is 18.8. The summed E-state index contributed by atoms with van der Waals surface area (Å²) < 4.78 is 2.59. The Hall–Kier alpha value is -3.25. The van der Waals surface area contributed by atoms with Crippen LogP contribution in [0.2, 0.25) is 0 Å². The number of hydrogen-bond acceptors (Lipinski definition) is 3. The Morgan fingerprint density at radius 1 is 0.968 bits per heavy atom. The summed E-state index contributed by atoms with van der Waals surface area (Å²) in [5.74, 6) is 0.185. The van der Waals surface area contributed by atoms with Gasteiger partial charge in [0.15, 0.2) is 0 Å². The van der Waals surface area contributed by atoms with Gasteiger partial charge in [-0.15, -0.1) is 0 Å². The maximum absolute atomic E-state index is 13.5. The monoisotopic (exact) mass is 473 g/mol. The molecular formula is C25H20BrN3O2. The van der Waals surface area contributed by atoms with Gasteiger partial charge in [0.05, 0.1) is 22.5 Å². The van der Waals surface area contributed by atoms with Crippen molar-refractivity contribution in [2.45, 2.75) is 19.3 Å². The zero-order valence-electron chi connectivity index (χ0n) is 17.2. The van der Waals surface area contributed by atoms with Gasteiger partial charge in [0.25, 0.3) is 5.56 Å². The normalized spacial score (nSPS) is 15.5. The summed E-state index contributed by atoms with van der Waals surface area (Å²) >= 11 is 3.52. The van der Waals surface area contributed by atoms with E-state index in [0.29, 0.717) is 23.1 Å². The van der Waals surface area contributed by atoms with E-state index in [1.54, 1.807) is 22.6 Å². The zero-order chi connectivity index (χ0) is 21.7.